The van der Waals surface area contributed by atoms with Crippen molar-refractivity contribution in [2.24, 2.45) is 0 Å². The lowest BCUT2D eigenvalue weighted by atomic mass is 10.2. The standard InChI is InChI=1S/C7H12N2O/c8-6-9-4-3-7-2-1-5-10-7/h7,9H,1-5H2. The van der Waals surface area contributed by atoms with Gasteiger partial charge in [0.05, 0.1) is 6.10 Å². The van der Waals surface area contributed by atoms with E-state index >= 15 is 0 Å². The fourth-order valence-corrected chi connectivity index (χ4v) is 1.16. The van der Waals surface area contributed by atoms with Gasteiger partial charge in [-0.1, -0.05) is 0 Å². The first-order valence-corrected chi connectivity index (χ1v) is 3.67. The summed E-state index contributed by atoms with van der Waals surface area (Å²) in [5, 5.41) is 10.7. The van der Waals surface area contributed by atoms with Crippen LogP contribution in [0.3, 0.4) is 0 Å². The van der Waals surface area contributed by atoms with Crippen LogP contribution < -0.4 is 5.32 Å². The molecule has 1 heterocycles. The molecule has 56 valence electrons. The lowest BCUT2D eigenvalue weighted by Crippen LogP contribution is -2.15. The lowest BCUT2D eigenvalue weighted by Gasteiger charge is -2.06. The van der Waals surface area contributed by atoms with Crippen LogP contribution in [0.25, 0.3) is 0 Å². The zero-order valence-electron chi connectivity index (χ0n) is 5.97. The molecule has 1 aliphatic heterocycles. The van der Waals surface area contributed by atoms with E-state index < -0.39 is 0 Å². The summed E-state index contributed by atoms with van der Waals surface area (Å²) < 4.78 is 5.35. The SMILES string of the molecule is N#CNCCC1CCCO1. The Bertz CT molecular complexity index is 124. The molecule has 1 aliphatic rings. The van der Waals surface area contributed by atoms with Crippen molar-refractivity contribution in [2.45, 2.75) is 25.4 Å². The van der Waals surface area contributed by atoms with Crippen LogP contribution in [0.2, 0.25) is 0 Å². The van der Waals surface area contributed by atoms with Crippen molar-refractivity contribution in [3.63, 3.8) is 0 Å². The fourth-order valence-electron chi connectivity index (χ4n) is 1.16. The number of nitriles is 1. The molecule has 0 amide bonds. The number of nitrogens with one attached hydrogen (secondary N) is 1. The summed E-state index contributed by atoms with van der Waals surface area (Å²) in [5.74, 6) is 0. The van der Waals surface area contributed by atoms with E-state index in [1.165, 1.54) is 6.42 Å². The Balaban J connectivity index is 1.97. The lowest BCUT2D eigenvalue weighted by molar-refractivity contribution is 0.105. The molecule has 0 bridgehead atoms. The summed E-state index contributed by atoms with van der Waals surface area (Å²) in [4.78, 5) is 0. The van der Waals surface area contributed by atoms with E-state index in [4.69, 9.17) is 10.00 Å². The first kappa shape index (κ1) is 7.36. The molecular formula is C7H12N2O. The van der Waals surface area contributed by atoms with Crippen LogP contribution in [-0.2, 0) is 4.74 Å². The second-order valence-corrected chi connectivity index (χ2v) is 2.46. The maximum atomic E-state index is 8.14. The molecule has 10 heavy (non-hydrogen) atoms. The average Bonchev–Trinajstić information content (AvgIpc) is 2.41. The van der Waals surface area contributed by atoms with Gasteiger partial charge in [-0.3, -0.25) is 0 Å². The number of rotatable bonds is 3. The Hall–Kier alpha value is -0.750. The molecule has 3 heteroatoms. The van der Waals surface area contributed by atoms with Crippen LogP contribution in [0.5, 0.6) is 0 Å². The summed E-state index contributed by atoms with van der Waals surface area (Å²) in [6.07, 6.45) is 5.59. The van der Waals surface area contributed by atoms with E-state index in [-0.39, 0.29) is 0 Å². The molecule has 1 saturated heterocycles. The Morgan fingerprint density at radius 2 is 2.60 bits per heavy atom. The molecule has 0 radical (unpaired) electrons. The predicted octanol–water partition coefficient (Wildman–Crippen LogP) is 0.626. The minimum absolute atomic E-state index is 0.404. The molecule has 0 aromatic rings. The minimum atomic E-state index is 0.404. The third-order valence-electron chi connectivity index (χ3n) is 1.69. The molecule has 1 fully saturated rings. The van der Waals surface area contributed by atoms with E-state index in [1.807, 2.05) is 6.19 Å². The second-order valence-electron chi connectivity index (χ2n) is 2.46. The maximum Gasteiger partial charge on any atom is 0.176 e. The zero-order valence-corrected chi connectivity index (χ0v) is 5.97. The normalized spacial score (nSPS) is 24.1. The summed E-state index contributed by atoms with van der Waals surface area (Å²) in [7, 11) is 0. The molecule has 0 aliphatic carbocycles. The minimum Gasteiger partial charge on any atom is -0.378 e. The summed E-state index contributed by atoms with van der Waals surface area (Å²) in [6.45, 7) is 1.65. The van der Waals surface area contributed by atoms with Crippen LogP contribution in [0.1, 0.15) is 19.3 Å². The number of hydrogen-bond donors (Lipinski definition) is 1. The van der Waals surface area contributed by atoms with Crippen LogP contribution in [0.4, 0.5) is 0 Å². The average molecular weight is 140 g/mol. The highest BCUT2D eigenvalue weighted by molar-refractivity contribution is 4.70. The molecule has 0 aromatic heterocycles. The molecule has 0 spiro atoms. The third-order valence-corrected chi connectivity index (χ3v) is 1.69. The Morgan fingerprint density at radius 1 is 1.70 bits per heavy atom. The predicted molar refractivity (Wildman–Crippen MR) is 37.2 cm³/mol. The van der Waals surface area contributed by atoms with Gasteiger partial charge < -0.3 is 10.1 Å². The molecule has 0 aromatic carbocycles. The van der Waals surface area contributed by atoms with E-state index in [9.17, 15) is 0 Å². The van der Waals surface area contributed by atoms with E-state index in [0.29, 0.717) is 6.10 Å². The van der Waals surface area contributed by atoms with Crippen molar-refractivity contribution in [1.82, 2.24) is 5.32 Å². The molecule has 1 atom stereocenters. The van der Waals surface area contributed by atoms with E-state index in [2.05, 4.69) is 5.32 Å². The van der Waals surface area contributed by atoms with Crippen LogP contribution in [-0.4, -0.2) is 19.3 Å². The van der Waals surface area contributed by atoms with Crippen molar-refractivity contribution in [1.29, 1.82) is 5.26 Å². The van der Waals surface area contributed by atoms with Gasteiger partial charge in [0.2, 0.25) is 0 Å². The van der Waals surface area contributed by atoms with Crippen LogP contribution in [0, 0.1) is 11.5 Å². The van der Waals surface area contributed by atoms with Crippen molar-refractivity contribution in [3.05, 3.63) is 0 Å². The molecule has 1 unspecified atom stereocenters. The molecule has 1 N–H and O–H groups in total. The smallest absolute Gasteiger partial charge is 0.176 e. The topological polar surface area (TPSA) is 45.0 Å². The highest BCUT2D eigenvalue weighted by atomic mass is 16.5. The number of nitrogens with zero attached hydrogens (tertiary/aromatic N) is 1. The summed E-state index contributed by atoms with van der Waals surface area (Å²) >= 11 is 0. The van der Waals surface area contributed by atoms with Gasteiger partial charge in [0.1, 0.15) is 0 Å². The molecular weight excluding hydrogens is 128 g/mol. The quantitative estimate of drug-likeness (QED) is 0.355. The van der Waals surface area contributed by atoms with Gasteiger partial charge in [0.25, 0.3) is 0 Å². The van der Waals surface area contributed by atoms with Crippen molar-refractivity contribution >= 4 is 0 Å². The van der Waals surface area contributed by atoms with Crippen molar-refractivity contribution in [3.8, 4) is 6.19 Å². The van der Waals surface area contributed by atoms with Gasteiger partial charge in [-0.15, -0.1) is 0 Å². The molecule has 0 saturated carbocycles. The van der Waals surface area contributed by atoms with Crippen molar-refractivity contribution in [2.75, 3.05) is 13.2 Å². The van der Waals surface area contributed by atoms with Crippen molar-refractivity contribution < 1.29 is 4.74 Å². The summed E-state index contributed by atoms with van der Waals surface area (Å²) in [5.41, 5.74) is 0. The number of ether oxygens (including phenoxy) is 1. The van der Waals surface area contributed by atoms with Crippen LogP contribution in [0.15, 0.2) is 0 Å². The number of hydrogen-bond acceptors (Lipinski definition) is 3. The largest absolute Gasteiger partial charge is 0.378 e. The Labute approximate surface area is 61.0 Å². The third kappa shape index (κ3) is 2.24. The van der Waals surface area contributed by atoms with Crippen LogP contribution >= 0.6 is 0 Å². The first-order chi connectivity index (χ1) is 4.93. The van der Waals surface area contributed by atoms with Gasteiger partial charge in [0, 0.05) is 13.2 Å². The van der Waals surface area contributed by atoms with Gasteiger partial charge in [-0.2, -0.15) is 5.26 Å². The highest BCUT2D eigenvalue weighted by Gasteiger charge is 2.13. The van der Waals surface area contributed by atoms with Gasteiger partial charge in [-0.25, -0.2) is 0 Å². The monoisotopic (exact) mass is 140 g/mol. The molecule has 1 rings (SSSR count). The Morgan fingerprint density at radius 3 is 3.20 bits per heavy atom. The zero-order chi connectivity index (χ0) is 7.23. The second kappa shape index (κ2) is 4.13. The van der Waals surface area contributed by atoms with Gasteiger partial charge in [-0.05, 0) is 19.3 Å². The first-order valence-electron chi connectivity index (χ1n) is 3.67. The van der Waals surface area contributed by atoms with Gasteiger partial charge >= 0.3 is 0 Å². The molecule has 3 nitrogen and oxygen atoms in total. The summed E-state index contributed by atoms with van der Waals surface area (Å²) in [6, 6.07) is 0. The van der Waals surface area contributed by atoms with Gasteiger partial charge in [0.15, 0.2) is 6.19 Å². The maximum absolute atomic E-state index is 8.14. The fraction of sp³-hybridized carbons (Fsp3) is 0.857. The van der Waals surface area contributed by atoms with E-state index in [1.54, 1.807) is 0 Å². The highest BCUT2D eigenvalue weighted by Crippen LogP contribution is 2.13. The Kier molecular flexibility index (Phi) is 3.04. The van der Waals surface area contributed by atoms with E-state index in [0.717, 1.165) is 26.0 Å².